The van der Waals surface area contributed by atoms with Gasteiger partial charge in [-0.2, -0.15) is 0 Å². The summed E-state index contributed by atoms with van der Waals surface area (Å²) >= 11 is 1.92. The zero-order valence-corrected chi connectivity index (χ0v) is 7.19. The van der Waals surface area contributed by atoms with Gasteiger partial charge in [0.15, 0.2) is 0 Å². The van der Waals surface area contributed by atoms with Gasteiger partial charge >= 0.3 is 5.97 Å². The Morgan fingerprint density at radius 1 is 1.64 bits per heavy atom. The van der Waals surface area contributed by atoms with E-state index in [1.807, 2.05) is 0 Å². The molecule has 1 heterocycles. The number of carboxylic acids is 1. The number of aliphatic carboxylic acids is 1. The van der Waals surface area contributed by atoms with Crippen LogP contribution in [-0.4, -0.2) is 43.2 Å². The van der Waals surface area contributed by atoms with Crippen LogP contribution in [0.15, 0.2) is 0 Å². The lowest BCUT2D eigenvalue weighted by molar-refractivity contribution is -0.147. The summed E-state index contributed by atoms with van der Waals surface area (Å²) in [5, 5.41) is 26.8. The van der Waals surface area contributed by atoms with Gasteiger partial charge in [-0.05, 0) is 0 Å². The van der Waals surface area contributed by atoms with Crippen molar-refractivity contribution in [2.24, 2.45) is 0 Å². The zero-order chi connectivity index (χ0) is 8.48. The van der Waals surface area contributed by atoms with E-state index in [1.54, 1.807) is 0 Å². The van der Waals surface area contributed by atoms with Gasteiger partial charge < -0.3 is 15.3 Å². The van der Waals surface area contributed by atoms with Crippen LogP contribution >= 0.6 is 23.5 Å². The first kappa shape index (κ1) is 9.18. The summed E-state index contributed by atoms with van der Waals surface area (Å²) in [7, 11) is 0. The van der Waals surface area contributed by atoms with Crippen molar-refractivity contribution in [3.63, 3.8) is 0 Å². The van der Waals surface area contributed by atoms with Crippen molar-refractivity contribution in [1.29, 1.82) is 0 Å². The first-order valence-corrected chi connectivity index (χ1v) is 4.97. The predicted molar refractivity (Wildman–Crippen MR) is 43.5 cm³/mol. The van der Waals surface area contributed by atoms with E-state index in [0.717, 1.165) is 23.5 Å². The SMILES string of the molecule is O=C(O)C1(O)CSC(O)CS1. The molecule has 1 rings (SSSR count). The second kappa shape index (κ2) is 3.22. The molecule has 1 aliphatic heterocycles. The Balaban J connectivity index is 2.55. The molecule has 2 atom stereocenters. The van der Waals surface area contributed by atoms with E-state index in [2.05, 4.69) is 0 Å². The van der Waals surface area contributed by atoms with Crippen LogP contribution in [0.4, 0.5) is 0 Å². The van der Waals surface area contributed by atoms with Gasteiger partial charge in [0.05, 0.1) is 0 Å². The second-order valence-electron chi connectivity index (χ2n) is 2.17. The molecule has 4 nitrogen and oxygen atoms in total. The Morgan fingerprint density at radius 2 is 2.27 bits per heavy atom. The van der Waals surface area contributed by atoms with E-state index in [1.165, 1.54) is 0 Å². The lowest BCUT2D eigenvalue weighted by Gasteiger charge is -2.28. The van der Waals surface area contributed by atoms with Crippen molar-refractivity contribution in [2.45, 2.75) is 10.4 Å². The fourth-order valence-corrected chi connectivity index (χ4v) is 2.84. The number of hydrogen-bond acceptors (Lipinski definition) is 5. The van der Waals surface area contributed by atoms with Crippen LogP contribution in [-0.2, 0) is 4.79 Å². The largest absolute Gasteiger partial charge is 0.478 e. The monoisotopic (exact) mass is 196 g/mol. The van der Waals surface area contributed by atoms with Crippen LogP contribution in [0.2, 0.25) is 0 Å². The molecular formula is C5H8O4S2. The molecule has 0 aromatic heterocycles. The highest BCUT2D eigenvalue weighted by Crippen LogP contribution is 2.35. The van der Waals surface area contributed by atoms with Gasteiger partial charge in [0.1, 0.15) is 5.44 Å². The summed E-state index contributed by atoms with van der Waals surface area (Å²) in [6, 6.07) is 0. The minimum atomic E-state index is -1.70. The molecule has 0 saturated carbocycles. The normalized spacial score (nSPS) is 38.5. The molecular weight excluding hydrogens is 188 g/mol. The molecule has 1 aliphatic rings. The molecule has 1 fully saturated rings. The number of thioether (sulfide) groups is 2. The van der Waals surface area contributed by atoms with Crippen molar-refractivity contribution >= 4 is 29.5 Å². The number of hydrogen-bond donors (Lipinski definition) is 3. The summed E-state index contributed by atoms with van der Waals surface area (Å²) < 4.78 is 0. The third kappa shape index (κ3) is 2.02. The van der Waals surface area contributed by atoms with E-state index in [-0.39, 0.29) is 11.5 Å². The Hall–Kier alpha value is 0.0900. The number of carboxylic acid groups (broad SMARTS) is 1. The molecule has 0 amide bonds. The van der Waals surface area contributed by atoms with Crippen LogP contribution in [0.3, 0.4) is 0 Å². The van der Waals surface area contributed by atoms with E-state index in [0.29, 0.717) is 0 Å². The Labute approximate surface area is 72.0 Å². The maximum Gasteiger partial charge on any atom is 0.347 e. The van der Waals surface area contributed by atoms with Gasteiger partial charge in [-0.25, -0.2) is 4.79 Å². The van der Waals surface area contributed by atoms with Crippen LogP contribution in [0.1, 0.15) is 0 Å². The summed E-state index contributed by atoms with van der Waals surface area (Å²) in [6.45, 7) is 0. The predicted octanol–water partition coefficient (Wildman–Crippen LogP) is -0.442. The van der Waals surface area contributed by atoms with Crippen molar-refractivity contribution in [3.8, 4) is 0 Å². The minimum Gasteiger partial charge on any atom is -0.478 e. The molecule has 11 heavy (non-hydrogen) atoms. The maximum atomic E-state index is 10.4. The molecule has 0 aromatic rings. The fourth-order valence-electron chi connectivity index (χ4n) is 0.632. The van der Waals surface area contributed by atoms with Gasteiger partial charge in [-0.15, -0.1) is 23.5 Å². The van der Waals surface area contributed by atoms with Crippen LogP contribution in [0.25, 0.3) is 0 Å². The molecule has 3 N–H and O–H groups in total. The molecule has 0 aromatic carbocycles. The standard InChI is InChI=1S/C5H8O4S2/c6-3-1-11-5(9,2-10-3)4(7)8/h3,6,9H,1-2H2,(H,7,8). The zero-order valence-electron chi connectivity index (χ0n) is 5.56. The molecule has 0 spiro atoms. The highest BCUT2D eigenvalue weighted by molar-refractivity contribution is 8.07. The van der Waals surface area contributed by atoms with Crippen molar-refractivity contribution in [3.05, 3.63) is 0 Å². The first-order valence-electron chi connectivity index (χ1n) is 2.94. The van der Waals surface area contributed by atoms with E-state index < -0.39 is 16.3 Å². The summed E-state index contributed by atoms with van der Waals surface area (Å²) in [6.07, 6.45) is 0. The lowest BCUT2D eigenvalue weighted by atomic mass is 10.4. The Kier molecular flexibility index (Phi) is 2.69. The Morgan fingerprint density at radius 3 is 2.64 bits per heavy atom. The van der Waals surface area contributed by atoms with Gasteiger partial charge in [-0.3, -0.25) is 0 Å². The Bertz CT molecular complexity index is 164. The van der Waals surface area contributed by atoms with Crippen LogP contribution in [0, 0.1) is 0 Å². The average molecular weight is 196 g/mol. The van der Waals surface area contributed by atoms with E-state index >= 15 is 0 Å². The first-order chi connectivity index (χ1) is 5.04. The van der Waals surface area contributed by atoms with E-state index in [9.17, 15) is 9.90 Å². The summed E-state index contributed by atoms with van der Waals surface area (Å²) in [5.74, 6) is -0.941. The third-order valence-corrected chi connectivity index (χ3v) is 4.08. The van der Waals surface area contributed by atoms with E-state index in [4.69, 9.17) is 10.2 Å². The average Bonchev–Trinajstić information content (AvgIpc) is 1.95. The lowest BCUT2D eigenvalue weighted by Crippen LogP contribution is -2.42. The molecule has 0 bridgehead atoms. The van der Waals surface area contributed by atoms with Crippen molar-refractivity contribution in [1.82, 2.24) is 0 Å². The molecule has 6 heteroatoms. The highest BCUT2D eigenvalue weighted by Gasteiger charge is 2.41. The quantitative estimate of drug-likeness (QED) is 0.527. The van der Waals surface area contributed by atoms with Gasteiger partial charge in [-0.1, -0.05) is 0 Å². The van der Waals surface area contributed by atoms with Crippen LogP contribution in [0.5, 0.6) is 0 Å². The molecule has 0 radical (unpaired) electrons. The van der Waals surface area contributed by atoms with Gasteiger partial charge in [0.2, 0.25) is 4.93 Å². The topological polar surface area (TPSA) is 77.8 Å². The number of aliphatic hydroxyl groups excluding tert-OH is 1. The molecule has 0 aliphatic carbocycles. The third-order valence-electron chi connectivity index (χ3n) is 1.27. The van der Waals surface area contributed by atoms with Gasteiger partial charge in [0.25, 0.3) is 0 Å². The van der Waals surface area contributed by atoms with Crippen molar-refractivity contribution in [2.75, 3.05) is 11.5 Å². The summed E-state index contributed by atoms with van der Waals surface area (Å²) in [5.41, 5.74) is -0.556. The van der Waals surface area contributed by atoms with Gasteiger partial charge in [0, 0.05) is 11.5 Å². The maximum absolute atomic E-state index is 10.4. The highest BCUT2D eigenvalue weighted by atomic mass is 32.2. The van der Waals surface area contributed by atoms with Crippen molar-refractivity contribution < 1.29 is 20.1 Å². The second-order valence-corrected chi connectivity index (χ2v) is 4.63. The number of carbonyl (C=O) groups is 1. The smallest absolute Gasteiger partial charge is 0.347 e. The molecule has 2 unspecified atom stereocenters. The molecule has 1 saturated heterocycles. The van der Waals surface area contributed by atoms with Crippen LogP contribution < -0.4 is 0 Å². The number of aliphatic hydroxyl groups is 2. The fraction of sp³-hybridized carbons (Fsp3) is 0.800. The minimum absolute atomic E-state index is 0.0359. The molecule has 64 valence electrons. The summed E-state index contributed by atoms with van der Waals surface area (Å²) in [4.78, 5) is 8.71. The number of rotatable bonds is 1.